The molecule has 13 heavy (non-hydrogen) atoms. The van der Waals surface area contributed by atoms with Crippen molar-refractivity contribution in [1.29, 1.82) is 0 Å². The molecule has 0 saturated carbocycles. The number of hydrogen-bond donors (Lipinski definition) is 0. The molecular weight excluding hydrogens is 188 g/mol. The molecule has 0 spiro atoms. The van der Waals surface area contributed by atoms with Crippen LogP contribution in [0.2, 0.25) is 0 Å². The Morgan fingerprint density at radius 3 is 2.54 bits per heavy atom. The molecule has 0 fully saturated rings. The van der Waals surface area contributed by atoms with Crippen LogP contribution < -0.4 is 0 Å². The molecule has 0 aliphatic heterocycles. The zero-order valence-electron chi connectivity index (χ0n) is 8.12. The molecule has 0 saturated heterocycles. The Hall–Kier alpha value is -0.530. The second-order valence-corrected chi connectivity index (χ2v) is 4.64. The molecule has 0 heterocycles. The van der Waals surface area contributed by atoms with Gasteiger partial charge >= 0.3 is 0 Å². The Bertz CT molecular complexity index is 261. The predicted molar refractivity (Wildman–Crippen MR) is 52.6 cm³/mol. The third-order valence-electron chi connectivity index (χ3n) is 1.81. The van der Waals surface area contributed by atoms with Gasteiger partial charge < -0.3 is 0 Å². The fourth-order valence-corrected chi connectivity index (χ4v) is 1.38. The molecule has 0 aromatic rings. The van der Waals surface area contributed by atoms with Gasteiger partial charge in [0.25, 0.3) is 10.1 Å². The molecule has 0 radical (unpaired) electrons. The molecule has 0 amide bonds. The molecule has 0 N–H and O–H groups in total. The first-order chi connectivity index (χ1) is 5.99. The van der Waals surface area contributed by atoms with E-state index in [1.165, 1.54) is 0 Å². The van der Waals surface area contributed by atoms with Crippen LogP contribution in [0.1, 0.15) is 26.2 Å². The van der Waals surface area contributed by atoms with Gasteiger partial charge in [0.15, 0.2) is 0 Å². The molecule has 76 valence electrons. The maximum absolute atomic E-state index is 10.6. The van der Waals surface area contributed by atoms with Crippen molar-refractivity contribution in [2.45, 2.75) is 26.2 Å². The zero-order valence-corrected chi connectivity index (χ0v) is 8.93. The minimum Gasteiger partial charge on any atom is -0.270 e. The SMILES string of the molecule is C#CCC(CC)CCOS(C)(=O)=O. The summed E-state index contributed by atoms with van der Waals surface area (Å²) in [5.74, 6) is 2.93. The van der Waals surface area contributed by atoms with Crippen LogP contribution in [0.4, 0.5) is 0 Å². The Labute approximate surface area is 80.6 Å². The average Bonchev–Trinajstić information content (AvgIpc) is 2.01. The van der Waals surface area contributed by atoms with Crippen molar-refractivity contribution in [3.8, 4) is 12.3 Å². The van der Waals surface area contributed by atoms with Gasteiger partial charge in [0.05, 0.1) is 12.9 Å². The van der Waals surface area contributed by atoms with Crippen molar-refractivity contribution in [2.24, 2.45) is 5.92 Å². The lowest BCUT2D eigenvalue weighted by Gasteiger charge is -2.10. The first-order valence-corrected chi connectivity index (χ1v) is 6.09. The van der Waals surface area contributed by atoms with Crippen molar-refractivity contribution in [3.05, 3.63) is 0 Å². The predicted octanol–water partition coefficient (Wildman–Crippen LogP) is 1.40. The molecule has 1 atom stereocenters. The van der Waals surface area contributed by atoms with E-state index in [0.717, 1.165) is 12.7 Å². The van der Waals surface area contributed by atoms with E-state index in [1.54, 1.807) is 0 Å². The quantitative estimate of drug-likeness (QED) is 0.485. The van der Waals surface area contributed by atoms with Gasteiger partial charge in [0, 0.05) is 6.42 Å². The van der Waals surface area contributed by atoms with E-state index in [2.05, 4.69) is 10.1 Å². The van der Waals surface area contributed by atoms with Gasteiger partial charge in [-0.2, -0.15) is 8.42 Å². The lowest BCUT2D eigenvalue weighted by atomic mass is 10.00. The van der Waals surface area contributed by atoms with Crippen LogP contribution in [0.5, 0.6) is 0 Å². The highest BCUT2D eigenvalue weighted by Crippen LogP contribution is 2.12. The second-order valence-electron chi connectivity index (χ2n) is 3.00. The fourth-order valence-electron chi connectivity index (χ4n) is 0.983. The highest BCUT2D eigenvalue weighted by atomic mass is 32.2. The maximum Gasteiger partial charge on any atom is 0.264 e. The van der Waals surface area contributed by atoms with Crippen LogP contribution in [0.15, 0.2) is 0 Å². The van der Waals surface area contributed by atoms with Gasteiger partial charge in [-0.05, 0) is 12.3 Å². The molecule has 0 aromatic heterocycles. The Kier molecular flexibility index (Phi) is 5.76. The summed E-state index contributed by atoms with van der Waals surface area (Å²) >= 11 is 0. The van der Waals surface area contributed by atoms with E-state index >= 15 is 0 Å². The Morgan fingerprint density at radius 1 is 1.54 bits per heavy atom. The van der Waals surface area contributed by atoms with E-state index in [9.17, 15) is 8.42 Å². The van der Waals surface area contributed by atoms with Crippen LogP contribution in [0, 0.1) is 18.3 Å². The summed E-state index contributed by atoms with van der Waals surface area (Å²) in [5, 5.41) is 0. The third kappa shape index (κ3) is 7.82. The smallest absolute Gasteiger partial charge is 0.264 e. The monoisotopic (exact) mass is 204 g/mol. The minimum atomic E-state index is -3.29. The number of terminal acetylenes is 1. The zero-order chi connectivity index (χ0) is 10.3. The van der Waals surface area contributed by atoms with Crippen LogP contribution in [0.3, 0.4) is 0 Å². The standard InChI is InChI=1S/C9H16O3S/c1-4-6-9(5-2)7-8-12-13(3,10)11/h1,9H,5-8H2,2-3H3. The van der Waals surface area contributed by atoms with E-state index in [4.69, 9.17) is 6.42 Å². The minimum absolute atomic E-state index is 0.235. The van der Waals surface area contributed by atoms with Crippen LogP contribution in [-0.4, -0.2) is 21.3 Å². The number of rotatable bonds is 6. The summed E-state index contributed by atoms with van der Waals surface area (Å²) < 4.78 is 25.8. The summed E-state index contributed by atoms with van der Waals surface area (Å²) in [5.41, 5.74) is 0. The third-order valence-corrected chi connectivity index (χ3v) is 2.40. The van der Waals surface area contributed by atoms with E-state index in [0.29, 0.717) is 18.8 Å². The summed E-state index contributed by atoms with van der Waals surface area (Å²) in [6.07, 6.45) is 8.55. The summed E-state index contributed by atoms with van der Waals surface area (Å²) in [6, 6.07) is 0. The van der Waals surface area contributed by atoms with Crippen molar-refractivity contribution in [1.82, 2.24) is 0 Å². The van der Waals surface area contributed by atoms with Crippen molar-refractivity contribution >= 4 is 10.1 Å². The molecule has 0 aliphatic carbocycles. The topological polar surface area (TPSA) is 43.4 Å². The highest BCUT2D eigenvalue weighted by molar-refractivity contribution is 7.85. The number of hydrogen-bond acceptors (Lipinski definition) is 3. The molecule has 3 nitrogen and oxygen atoms in total. The van der Waals surface area contributed by atoms with Gasteiger partial charge in [-0.25, -0.2) is 0 Å². The maximum atomic E-state index is 10.6. The Morgan fingerprint density at radius 2 is 2.15 bits per heavy atom. The molecule has 0 bridgehead atoms. The summed E-state index contributed by atoms with van der Waals surface area (Å²) in [6.45, 7) is 2.27. The largest absolute Gasteiger partial charge is 0.270 e. The van der Waals surface area contributed by atoms with Crippen molar-refractivity contribution in [2.75, 3.05) is 12.9 Å². The van der Waals surface area contributed by atoms with Gasteiger partial charge in [0.2, 0.25) is 0 Å². The molecule has 0 rings (SSSR count). The van der Waals surface area contributed by atoms with Gasteiger partial charge in [-0.1, -0.05) is 13.3 Å². The second kappa shape index (κ2) is 6.01. The molecule has 0 aromatic carbocycles. The molecule has 1 unspecified atom stereocenters. The fraction of sp³-hybridized carbons (Fsp3) is 0.778. The first kappa shape index (κ1) is 12.5. The summed E-state index contributed by atoms with van der Waals surface area (Å²) in [4.78, 5) is 0. The van der Waals surface area contributed by atoms with E-state index in [-0.39, 0.29) is 6.61 Å². The highest BCUT2D eigenvalue weighted by Gasteiger charge is 2.07. The van der Waals surface area contributed by atoms with Crippen LogP contribution in [0.25, 0.3) is 0 Å². The van der Waals surface area contributed by atoms with Crippen LogP contribution in [-0.2, 0) is 14.3 Å². The lowest BCUT2D eigenvalue weighted by Crippen LogP contribution is -2.08. The normalized spacial score (nSPS) is 13.6. The van der Waals surface area contributed by atoms with Crippen molar-refractivity contribution < 1.29 is 12.6 Å². The van der Waals surface area contributed by atoms with E-state index in [1.807, 2.05) is 6.92 Å². The van der Waals surface area contributed by atoms with Gasteiger partial charge in [-0.15, -0.1) is 12.3 Å². The Balaban J connectivity index is 3.69. The van der Waals surface area contributed by atoms with E-state index < -0.39 is 10.1 Å². The molecule has 4 heteroatoms. The average molecular weight is 204 g/mol. The summed E-state index contributed by atoms with van der Waals surface area (Å²) in [7, 11) is -3.29. The lowest BCUT2D eigenvalue weighted by molar-refractivity contribution is 0.282. The van der Waals surface area contributed by atoms with Crippen LogP contribution >= 0.6 is 0 Å². The molecular formula is C9H16O3S. The van der Waals surface area contributed by atoms with Crippen molar-refractivity contribution in [3.63, 3.8) is 0 Å². The first-order valence-electron chi connectivity index (χ1n) is 4.27. The molecule has 0 aliphatic rings. The van der Waals surface area contributed by atoms with Gasteiger partial charge in [-0.3, -0.25) is 4.18 Å². The van der Waals surface area contributed by atoms with Gasteiger partial charge in [0.1, 0.15) is 0 Å².